The van der Waals surface area contributed by atoms with Crippen LogP contribution in [-0.4, -0.2) is 29.7 Å². The molecule has 0 radical (unpaired) electrons. The predicted octanol–water partition coefficient (Wildman–Crippen LogP) is 3.60. The van der Waals surface area contributed by atoms with E-state index in [-0.39, 0.29) is 22.8 Å². The van der Waals surface area contributed by atoms with Crippen LogP contribution in [0, 0.1) is 22.2 Å². The molecule has 7 heteroatoms. The van der Waals surface area contributed by atoms with Gasteiger partial charge in [0.25, 0.3) is 5.91 Å². The molecule has 0 bridgehead atoms. The lowest BCUT2D eigenvalue weighted by atomic mass is 9.61. The van der Waals surface area contributed by atoms with Gasteiger partial charge in [-0.25, -0.2) is 0 Å². The quantitative estimate of drug-likeness (QED) is 0.767. The van der Waals surface area contributed by atoms with Crippen molar-refractivity contribution in [2.45, 2.75) is 26.4 Å². The molecule has 1 aromatic carbocycles. The number of benzene rings is 1. The third kappa shape index (κ3) is 3.00. The van der Waals surface area contributed by atoms with Gasteiger partial charge in [0.15, 0.2) is 5.78 Å². The van der Waals surface area contributed by atoms with E-state index in [0.29, 0.717) is 19.5 Å². The molecule has 4 nitrogen and oxygen atoms in total. The van der Waals surface area contributed by atoms with Crippen molar-refractivity contribution in [3.8, 4) is 6.07 Å². The number of halogens is 3. The number of amides is 1. The summed E-state index contributed by atoms with van der Waals surface area (Å²) in [5.74, 6) is -0.552. The van der Waals surface area contributed by atoms with Crippen LogP contribution < -0.4 is 0 Å². The number of allylic oxidation sites excluding steroid dienone is 1. The van der Waals surface area contributed by atoms with E-state index in [2.05, 4.69) is 0 Å². The first-order valence-corrected chi connectivity index (χ1v) is 8.12. The summed E-state index contributed by atoms with van der Waals surface area (Å²) < 4.78 is 37.8. The van der Waals surface area contributed by atoms with Gasteiger partial charge in [0.05, 0.1) is 11.1 Å². The second-order valence-corrected chi connectivity index (χ2v) is 7.66. The zero-order valence-electron chi connectivity index (χ0n) is 14.4. The number of alkyl halides is 3. The maximum atomic E-state index is 12.6. The summed E-state index contributed by atoms with van der Waals surface area (Å²) in [6.45, 7) is 4.24. The van der Waals surface area contributed by atoms with E-state index in [9.17, 15) is 28.0 Å². The molecule has 1 saturated heterocycles. The number of nitriles is 1. The predicted molar refractivity (Wildman–Crippen MR) is 86.9 cm³/mol. The van der Waals surface area contributed by atoms with E-state index < -0.39 is 22.6 Å². The molecule has 1 aliphatic heterocycles. The molecule has 1 amide bonds. The van der Waals surface area contributed by atoms with Gasteiger partial charge in [-0.05, 0) is 30.7 Å². The number of hydrogen-bond donors (Lipinski definition) is 0. The van der Waals surface area contributed by atoms with Crippen LogP contribution in [-0.2, 0) is 11.0 Å². The van der Waals surface area contributed by atoms with E-state index in [1.807, 2.05) is 6.07 Å². The van der Waals surface area contributed by atoms with Crippen molar-refractivity contribution in [2.75, 3.05) is 13.1 Å². The van der Waals surface area contributed by atoms with Crippen LogP contribution in [0.2, 0.25) is 0 Å². The number of rotatable bonds is 1. The molecule has 0 aromatic heterocycles. The Bertz CT molecular complexity index is 839. The second kappa shape index (κ2) is 5.70. The Balaban J connectivity index is 1.75. The van der Waals surface area contributed by atoms with Gasteiger partial charge in [-0.2, -0.15) is 18.4 Å². The van der Waals surface area contributed by atoms with Gasteiger partial charge in [-0.1, -0.05) is 19.9 Å². The number of likely N-dealkylation sites (tertiary alicyclic amines) is 1. The normalized spacial score (nSPS) is 21.0. The lowest BCUT2D eigenvalue weighted by molar-refractivity contribution is -0.137. The topological polar surface area (TPSA) is 61.2 Å². The molecule has 1 aliphatic carbocycles. The molecule has 1 fully saturated rings. The minimum atomic E-state index is -4.44. The Morgan fingerprint density at radius 1 is 1.19 bits per heavy atom. The van der Waals surface area contributed by atoms with Gasteiger partial charge >= 0.3 is 6.18 Å². The Morgan fingerprint density at radius 3 is 2.27 bits per heavy atom. The maximum absolute atomic E-state index is 12.6. The number of carbonyl (C=O) groups excluding carboxylic acids is 2. The molecule has 26 heavy (non-hydrogen) atoms. The zero-order valence-corrected chi connectivity index (χ0v) is 14.4. The summed E-state index contributed by atoms with van der Waals surface area (Å²) in [7, 11) is 0. The molecular weight excluding hydrogens is 345 g/mol. The Kier molecular flexibility index (Phi) is 3.98. The summed E-state index contributed by atoms with van der Waals surface area (Å²) in [4.78, 5) is 26.2. The van der Waals surface area contributed by atoms with Gasteiger partial charge in [0.1, 0.15) is 6.07 Å². The molecule has 0 N–H and O–H groups in total. The molecule has 1 heterocycles. The SMILES string of the molecule is CC1(C)CC2(C=C(C#N)C1=O)CN(C(=O)c1ccc(C(F)(F)F)cc1)C2. The first kappa shape index (κ1) is 18.2. The van der Waals surface area contributed by atoms with Crippen LogP contribution in [0.1, 0.15) is 36.2 Å². The summed E-state index contributed by atoms with van der Waals surface area (Å²) in [6, 6.07) is 6.04. The summed E-state index contributed by atoms with van der Waals surface area (Å²) in [6.07, 6.45) is -2.26. The van der Waals surface area contributed by atoms with Crippen molar-refractivity contribution in [1.29, 1.82) is 5.26 Å². The van der Waals surface area contributed by atoms with E-state index in [1.54, 1.807) is 19.9 Å². The fourth-order valence-electron chi connectivity index (χ4n) is 3.88. The number of nitrogens with zero attached hydrogens (tertiary/aromatic N) is 2. The van der Waals surface area contributed by atoms with Crippen LogP contribution in [0.15, 0.2) is 35.9 Å². The van der Waals surface area contributed by atoms with Crippen molar-refractivity contribution in [3.05, 3.63) is 47.0 Å². The average Bonchev–Trinajstić information content (AvgIpc) is 2.53. The second-order valence-electron chi connectivity index (χ2n) is 7.66. The first-order chi connectivity index (χ1) is 12.0. The molecule has 3 rings (SSSR count). The van der Waals surface area contributed by atoms with Crippen molar-refractivity contribution in [1.82, 2.24) is 4.90 Å². The van der Waals surface area contributed by atoms with Crippen LogP contribution in [0.4, 0.5) is 13.2 Å². The molecule has 0 atom stereocenters. The minimum absolute atomic E-state index is 0.114. The van der Waals surface area contributed by atoms with Crippen LogP contribution >= 0.6 is 0 Å². The van der Waals surface area contributed by atoms with Crippen LogP contribution in [0.25, 0.3) is 0 Å². The third-order valence-corrected chi connectivity index (χ3v) is 4.98. The van der Waals surface area contributed by atoms with Crippen molar-refractivity contribution in [3.63, 3.8) is 0 Å². The highest BCUT2D eigenvalue weighted by Gasteiger charge is 2.52. The average molecular weight is 362 g/mol. The highest BCUT2D eigenvalue weighted by atomic mass is 19.4. The standard InChI is InChI=1S/C19H17F3N2O2/c1-17(2)9-18(7-13(8-23)15(17)25)10-24(11-18)16(26)12-3-5-14(6-4-12)19(20,21)22/h3-7H,9-11H2,1-2H3. The van der Waals surface area contributed by atoms with Gasteiger partial charge in [-0.15, -0.1) is 0 Å². The Hall–Kier alpha value is -2.62. The fourth-order valence-corrected chi connectivity index (χ4v) is 3.88. The van der Waals surface area contributed by atoms with E-state index in [1.165, 1.54) is 17.0 Å². The smallest absolute Gasteiger partial charge is 0.337 e. The molecule has 0 unspecified atom stereocenters. The third-order valence-electron chi connectivity index (χ3n) is 4.98. The van der Waals surface area contributed by atoms with Gasteiger partial charge in [0.2, 0.25) is 0 Å². The number of ketones is 1. The van der Waals surface area contributed by atoms with Crippen LogP contribution in [0.5, 0.6) is 0 Å². The number of hydrogen-bond acceptors (Lipinski definition) is 3. The monoisotopic (exact) mass is 362 g/mol. The Morgan fingerprint density at radius 2 is 1.77 bits per heavy atom. The fraction of sp³-hybridized carbons (Fsp3) is 0.421. The summed E-state index contributed by atoms with van der Waals surface area (Å²) in [5, 5.41) is 9.18. The minimum Gasteiger partial charge on any atom is -0.337 e. The zero-order chi connectivity index (χ0) is 19.3. The van der Waals surface area contributed by atoms with Crippen molar-refractivity contribution in [2.24, 2.45) is 10.8 Å². The lowest BCUT2D eigenvalue weighted by Crippen LogP contribution is -2.60. The molecule has 136 valence electrons. The van der Waals surface area contributed by atoms with Crippen LogP contribution in [0.3, 0.4) is 0 Å². The number of Topliss-reactive ketones (excluding diaryl/α,β-unsaturated/α-hetero) is 1. The Labute approximate surface area is 148 Å². The lowest BCUT2D eigenvalue weighted by Gasteiger charge is -2.53. The highest BCUT2D eigenvalue weighted by Crippen LogP contribution is 2.48. The van der Waals surface area contributed by atoms with E-state index in [0.717, 1.165) is 12.1 Å². The molecule has 0 saturated carbocycles. The molecular formula is C19H17F3N2O2. The van der Waals surface area contributed by atoms with Gasteiger partial charge in [-0.3, -0.25) is 9.59 Å². The highest BCUT2D eigenvalue weighted by molar-refractivity contribution is 6.04. The van der Waals surface area contributed by atoms with Crippen molar-refractivity contribution < 1.29 is 22.8 Å². The molecule has 1 spiro atoms. The van der Waals surface area contributed by atoms with E-state index in [4.69, 9.17) is 0 Å². The molecule has 1 aromatic rings. The first-order valence-electron chi connectivity index (χ1n) is 8.12. The van der Waals surface area contributed by atoms with Gasteiger partial charge < -0.3 is 4.90 Å². The molecule has 2 aliphatic rings. The maximum Gasteiger partial charge on any atom is 0.416 e. The van der Waals surface area contributed by atoms with E-state index >= 15 is 0 Å². The summed E-state index contributed by atoms with van der Waals surface area (Å²) >= 11 is 0. The van der Waals surface area contributed by atoms with Gasteiger partial charge in [0, 0.05) is 29.5 Å². The number of carbonyl (C=O) groups is 2. The largest absolute Gasteiger partial charge is 0.416 e. The van der Waals surface area contributed by atoms with Crippen molar-refractivity contribution >= 4 is 11.7 Å². The summed E-state index contributed by atoms with van der Waals surface area (Å²) in [5.41, 5.74) is -1.61.